The molecule has 112 valence electrons. The van der Waals surface area contributed by atoms with Crippen molar-refractivity contribution in [3.05, 3.63) is 30.3 Å². The quantitative estimate of drug-likeness (QED) is 0.912. The Morgan fingerprint density at radius 3 is 2.20 bits per heavy atom. The highest BCUT2D eigenvalue weighted by atomic mass is 32.2. The van der Waals surface area contributed by atoms with E-state index in [1.807, 2.05) is 0 Å². The summed E-state index contributed by atoms with van der Waals surface area (Å²) < 4.78 is 25.2. The highest BCUT2D eigenvalue weighted by molar-refractivity contribution is 7.92. The van der Waals surface area contributed by atoms with Gasteiger partial charge < -0.3 is 5.11 Å². The Labute approximate surface area is 121 Å². The van der Waals surface area contributed by atoms with Gasteiger partial charge in [0, 0.05) is 0 Å². The van der Waals surface area contributed by atoms with E-state index < -0.39 is 21.2 Å². The van der Waals surface area contributed by atoms with Crippen LogP contribution in [0.4, 0.5) is 0 Å². The summed E-state index contributed by atoms with van der Waals surface area (Å²) in [5, 5.41) is 9.66. The first kappa shape index (κ1) is 15.5. The molecule has 3 atom stereocenters. The molecule has 2 rings (SSSR count). The standard InChI is InChI=1S/C16H24O3S/c1-16(2,3)12-9-10-15(14(17)11-12)20(18,19)13-7-5-4-6-8-13/h4-8,12,14-15,17H,9-11H2,1-3H3/t12-,14+,15+/m1/s1. The molecule has 0 bridgehead atoms. The van der Waals surface area contributed by atoms with Crippen LogP contribution in [-0.4, -0.2) is 24.9 Å². The summed E-state index contributed by atoms with van der Waals surface area (Å²) in [5.41, 5.74) is 0.114. The Kier molecular flexibility index (Phi) is 4.26. The minimum atomic E-state index is -3.43. The molecule has 0 saturated heterocycles. The van der Waals surface area contributed by atoms with Gasteiger partial charge in [-0.15, -0.1) is 0 Å². The Morgan fingerprint density at radius 2 is 1.70 bits per heavy atom. The molecular formula is C16H24O3S. The molecular weight excluding hydrogens is 272 g/mol. The van der Waals surface area contributed by atoms with E-state index in [-0.39, 0.29) is 5.41 Å². The molecule has 1 N–H and O–H groups in total. The molecule has 0 unspecified atom stereocenters. The molecule has 0 spiro atoms. The molecule has 3 nitrogen and oxygen atoms in total. The zero-order chi connectivity index (χ0) is 15.0. The number of hydrogen-bond acceptors (Lipinski definition) is 3. The highest BCUT2D eigenvalue weighted by Crippen LogP contribution is 2.40. The smallest absolute Gasteiger partial charge is 0.183 e. The summed E-state index contributed by atoms with van der Waals surface area (Å²) in [4.78, 5) is 0.318. The van der Waals surface area contributed by atoms with Crippen LogP contribution in [0.1, 0.15) is 40.0 Å². The van der Waals surface area contributed by atoms with Crippen molar-refractivity contribution < 1.29 is 13.5 Å². The number of benzene rings is 1. The van der Waals surface area contributed by atoms with Crippen LogP contribution in [-0.2, 0) is 9.84 Å². The number of aliphatic hydroxyl groups excluding tert-OH is 1. The van der Waals surface area contributed by atoms with E-state index in [1.54, 1.807) is 30.3 Å². The van der Waals surface area contributed by atoms with Crippen LogP contribution in [0.5, 0.6) is 0 Å². The lowest BCUT2D eigenvalue weighted by atomic mass is 9.71. The molecule has 1 saturated carbocycles. The SMILES string of the molecule is CC(C)(C)[C@@H]1CC[C@H](S(=O)(=O)c2ccccc2)[C@@H](O)C1. The van der Waals surface area contributed by atoms with E-state index in [0.717, 1.165) is 6.42 Å². The molecule has 0 radical (unpaired) electrons. The zero-order valence-corrected chi connectivity index (χ0v) is 13.2. The largest absolute Gasteiger partial charge is 0.392 e. The maximum absolute atomic E-state index is 12.6. The van der Waals surface area contributed by atoms with E-state index in [4.69, 9.17) is 0 Å². The van der Waals surface area contributed by atoms with E-state index in [9.17, 15) is 13.5 Å². The predicted octanol–water partition coefficient (Wildman–Crippen LogP) is 3.04. The van der Waals surface area contributed by atoms with Gasteiger partial charge in [0.25, 0.3) is 0 Å². The molecule has 4 heteroatoms. The lowest BCUT2D eigenvalue weighted by Gasteiger charge is -2.39. The normalized spacial score (nSPS) is 28.3. The Balaban J connectivity index is 2.20. The van der Waals surface area contributed by atoms with Crippen molar-refractivity contribution >= 4 is 9.84 Å². The topological polar surface area (TPSA) is 54.4 Å². The van der Waals surface area contributed by atoms with Gasteiger partial charge in [0.2, 0.25) is 0 Å². The Bertz CT molecular complexity index is 543. The van der Waals surface area contributed by atoms with Gasteiger partial charge in [-0.3, -0.25) is 0 Å². The molecule has 0 aliphatic heterocycles. The second-order valence-electron chi connectivity index (χ2n) is 6.84. The van der Waals surface area contributed by atoms with Crippen LogP contribution in [0.25, 0.3) is 0 Å². The Morgan fingerprint density at radius 1 is 1.10 bits per heavy atom. The molecule has 0 heterocycles. The van der Waals surface area contributed by atoms with Gasteiger partial charge in [-0.05, 0) is 42.7 Å². The third kappa shape index (κ3) is 3.07. The zero-order valence-electron chi connectivity index (χ0n) is 12.4. The van der Waals surface area contributed by atoms with Crippen molar-refractivity contribution in [2.75, 3.05) is 0 Å². The fourth-order valence-corrected chi connectivity index (χ4v) is 4.91. The first-order valence-electron chi connectivity index (χ1n) is 7.20. The maximum atomic E-state index is 12.6. The molecule has 0 aromatic heterocycles. The third-order valence-electron chi connectivity index (χ3n) is 4.45. The average Bonchev–Trinajstić information content (AvgIpc) is 2.38. The summed E-state index contributed by atoms with van der Waals surface area (Å²) in [6.45, 7) is 6.45. The van der Waals surface area contributed by atoms with Gasteiger partial charge in [-0.25, -0.2) is 8.42 Å². The summed E-state index contributed by atoms with van der Waals surface area (Å²) >= 11 is 0. The monoisotopic (exact) mass is 296 g/mol. The summed E-state index contributed by atoms with van der Waals surface area (Å²) in [6.07, 6.45) is 1.20. The summed E-state index contributed by atoms with van der Waals surface area (Å²) in [6, 6.07) is 8.46. The molecule has 1 aromatic carbocycles. The number of aliphatic hydroxyl groups is 1. The van der Waals surface area contributed by atoms with E-state index in [2.05, 4.69) is 20.8 Å². The summed E-state index contributed by atoms with van der Waals surface area (Å²) in [7, 11) is -3.43. The first-order chi connectivity index (χ1) is 9.23. The van der Waals surface area contributed by atoms with Crippen molar-refractivity contribution in [3.8, 4) is 0 Å². The molecule has 1 fully saturated rings. The van der Waals surface area contributed by atoms with Crippen LogP contribution < -0.4 is 0 Å². The molecule has 1 aliphatic rings. The van der Waals surface area contributed by atoms with Crippen molar-refractivity contribution in [1.29, 1.82) is 0 Å². The van der Waals surface area contributed by atoms with Crippen molar-refractivity contribution in [3.63, 3.8) is 0 Å². The predicted molar refractivity (Wildman–Crippen MR) is 80.2 cm³/mol. The summed E-state index contributed by atoms with van der Waals surface area (Å²) in [5.74, 6) is 0.375. The van der Waals surface area contributed by atoms with Crippen molar-refractivity contribution in [1.82, 2.24) is 0 Å². The van der Waals surface area contributed by atoms with E-state index in [1.165, 1.54) is 0 Å². The van der Waals surface area contributed by atoms with Crippen molar-refractivity contribution in [2.24, 2.45) is 11.3 Å². The molecule has 1 aromatic rings. The van der Waals surface area contributed by atoms with E-state index >= 15 is 0 Å². The molecule has 1 aliphatic carbocycles. The van der Waals surface area contributed by atoms with Gasteiger partial charge in [0.15, 0.2) is 9.84 Å². The average molecular weight is 296 g/mol. The van der Waals surface area contributed by atoms with Gasteiger partial charge in [-0.2, -0.15) is 0 Å². The van der Waals surface area contributed by atoms with Crippen LogP contribution >= 0.6 is 0 Å². The fourth-order valence-electron chi connectivity index (χ4n) is 3.05. The van der Waals surface area contributed by atoms with Gasteiger partial charge in [-0.1, -0.05) is 39.0 Å². The minimum Gasteiger partial charge on any atom is -0.392 e. The number of hydrogen-bond donors (Lipinski definition) is 1. The van der Waals surface area contributed by atoms with Gasteiger partial charge in [0.1, 0.15) is 0 Å². The van der Waals surface area contributed by atoms with Crippen LogP contribution in [0.2, 0.25) is 0 Å². The third-order valence-corrected chi connectivity index (χ3v) is 6.73. The lowest BCUT2D eigenvalue weighted by molar-refractivity contribution is 0.0613. The second kappa shape index (κ2) is 5.49. The fraction of sp³-hybridized carbons (Fsp3) is 0.625. The van der Waals surface area contributed by atoms with E-state index in [0.29, 0.717) is 23.7 Å². The number of rotatable bonds is 2. The Hall–Kier alpha value is -0.870. The van der Waals surface area contributed by atoms with Crippen LogP contribution in [0, 0.1) is 11.3 Å². The van der Waals surface area contributed by atoms with Gasteiger partial charge in [0.05, 0.1) is 16.2 Å². The minimum absolute atomic E-state index is 0.114. The van der Waals surface area contributed by atoms with Crippen LogP contribution in [0.3, 0.4) is 0 Å². The molecule has 0 amide bonds. The first-order valence-corrected chi connectivity index (χ1v) is 8.74. The molecule has 20 heavy (non-hydrogen) atoms. The van der Waals surface area contributed by atoms with Gasteiger partial charge >= 0.3 is 0 Å². The van der Waals surface area contributed by atoms with Crippen LogP contribution in [0.15, 0.2) is 35.2 Å². The van der Waals surface area contributed by atoms with Crippen molar-refractivity contribution in [2.45, 2.75) is 56.3 Å². The second-order valence-corrected chi connectivity index (χ2v) is 9.01. The maximum Gasteiger partial charge on any atom is 0.183 e. The number of sulfone groups is 1. The highest BCUT2D eigenvalue weighted by Gasteiger charge is 2.41. The lowest BCUT2D eigenvalue weighted by Crippen LogP contribution is -2.42.